The molecule has 4 nitrogen and oxygen atoms in total. The fourth-order valence-corrected chi connectivity index (χ4v) is 2.49. The Kier molecular flexibility index (Phi) is 5.88. The molecule has 0 heterocycles. The third-order valence-electron chi connectivity index (χ3n) is 3.59. The average molecular weight is 334 g/mol. The standard InChI is InChI=1S/C18H20ClNO3/c1-13(21)20(16-7-5-15(19)6-8-16)11-10-14-4-9-17(22-2)18(12-14)23-3/h4-9,12H,10-11H2,1-3H3. The van der Waals surface area contributed by atoms with Crippen LogP contribution >= 0.6 is 11.6 Å². The predicted molar refractivity (Wildman–Crippen MR) is 92.7 cm³/mol. The Morgan fingerprint density at radius 1 is 1.04 bits per heavy atom. The van der Waals surface area contributed by atoms with Crippen molar-refractivity contribution in [2.24, 2.45) is 0 Å². The lowest BCUT2D eigenvalue weighted by molar-refractivity contribution is -0.116. The van der Waals surface area contributed by atoms with Crippen molar-refractivity contribution in [3.8, 4) is 11.5 Å². The van der Waals surface area contributed by atoms with Gasteiger partial charge in [-0.3, -0.25) is 4.79 Å². The fraction of sp³-hybridized carbons (Fsp3) is 0.278. The number of nitrogens with zero attached hydrogens (tertiary/aromatic N) is 1. The number of rotatable bonds is 6. The van der Waals surface area contributed by atoms with Crippen LogP contribution in [0.1, 0.15) is 12.5 Å². The highest BCUT2D eigenvalue weighted by atomic mass is 35.5. The largest absolute Gasteiger partial charge is 0.493 e. The molecule has 0 radical (unpaired) electrons. The van der Waals surface area contributed by atoms with Crippen LogP contribution in [0, 0.1) is 0 Å². The quantitative estimate of drug-likeness (QED) is 0.803. The number of hydrogen-bond donors (Lipinski definition) is 0. The van der Waals surface area contributed by atoms with Crippen molar-refractivity contribution in [3.05, 3.63) is 53.1 Å². The first-order valence-corrected chi connectivity index (χ1v) is 7.67. The van der Waals surface area contributed by atoms with Crippen LogP contribution in [0.2, 0.25) is 5.02 Å². The average Bonchev–Trinajstić information content (AvgIpc) is 2.56. The molecule has 0 bridgehead atoms. The summed E-state index contributed by atoms with van der Waals surface area (Å²) >= 11 is 5.90. The third kappa shape index (κ3) is 4.39. The van der Waals surface area contributed by atoms with Crippen molar-refractivity contribution < 1.29 is 14.3 Å². The van der Waals surface area contributed by atoms with Crippen LogP contribution in [-0.2, 0) is 11.2 Å². The zero-order valence-corrected chi connectivity index (χ0v) is 14.3. The molecule has 2 aromatic rings. The molecule has 0 aliphatic rings. The Balaban J connectivity index is 2.13. The van der Waals surface area contributed by atoms with Gasteiger partial charge >= 0.3 is 0 Å². The van der Waals surface area contributed by atoms with Crippen molar-refractivity contribution in [2.75, 3.05) is 25.7 Å². The first kappa shape index (κ1) is 17.2. The summed E-state index contributed by atoms with van der Waals surface area (Å²) in [5.41, 5.74) is 1.91. The summed E-state index contributed by atoms with van der Waals surface area (Å²) in [5.74, 6) is 1.37. The molecule has 0 fully saturated rings. The number of methoxy groups -OCH3 is 2. The minimum atomic E-state index is -0.00667. The van der Waals surface area contributed by atoms with Gasteiger partial charge in [0.2, 0.25) is 5.91 Å². The van der Waals surface area contributed by atoms with Crippen molar-refractivity contribution in [2.45, 2.75) is 13.3 Å². The summed E-state index contributed by atoms with van der Waals surface area (Å²) in [7, 11) is 3.22. The number of hydrogen-bond acceptors (Lipinski definition) is 3. The van der Waals surface area contributed by atoms with Gasteiger partial charge in [0.05, 0.1) is 14.2 Å². The maximum absolute atomic E-state index is 11.9. The molecule has 1 amide bonds. The van der Waals surface area contributed by atoms with Gasteiger partial charge < -0.3 is 14.4 Å². The molecule has 0 unspecified atom stereocenters. The van der Waals surface area contributed by atoms with Gasteiger partial charge in [0.15, 0.2) is 11.5 Å². The molecule has 0 saturated carbocycles. The van der Waals surface area contributed by atoms with E-state index >= 15 is 0 Å². The summed E-state index contributed by atoms with van der Waals surface area (Å²) in [4.78, 5) is 13.7. The molecule has 0 N–H and O–H groups in total. The zero-order valence-electron chi connectivity index (χ0n) is 13.5. The molecule has 0 aromatic heterocycles. The Labute approximate surface area is 141 Å². The Morgan fingerprint density at radius 3 is 2.26 bits per heavy atom. The molecular formula is C18H20ClNO3. The number of carbonyl (C=O) groups is 1. The Hall–Kier alpha value is -2.20. The molecule has 0 aliphatic heterocycles. The summed E-state index contributed by atoms with van der Waals surface area (Å²) in [6.07, 6.45) is 0.711. The minimum Gasteiger partial charge on any atom is -0.493 e. The van der Waals surface area contributed by atoms with Gasteiger partial charge in [0.1, 0.15) is 0 Å². The second-order valence-electron chi connectivity index (χ2n) is 5.09. The molecule has 0 aliphatic carbocycles. The molecule has 5 heteroatoms. The van der Waals surface area contributed by atoms with Crippen LogP contribution < -0.4 is 14.4 Å². The molecule has 0 saturated heterocycles. The monoisotopic (exact) mass is 333 g/mol. The van der Waals surface area contributed by atoms with E-state index in [-0.39, 0.29) is 5.91 Å². The third-order valence-corrected chi connectivity index (χ3v) is 3.84. The van der Waals surface area contributed by atoms with E-state index in [0.29, 0.717) is 29.5 Å². The van der Waals surface area contributed by atoms with E-state index in [1.807, 2.05) is 30.3 Å². The van der Waals surface area contributed by atoms with Crippen molar-refractivity contribution in [1.29, 1.82) is 0 Å². The zero-order chi connectivity index (χ0) is 16.8. The van der Waals surface area contributed by atoms with E-state index < -0.39 is 0 Å². The van der Waals surface area contributed by atoms with Gasteiger partial charge in [-0.1, -0.05) is 17.7 Å². The molecule has 0 atom stereocenters. The van der Waals surface area contributed by atoms with Crippen LogP contribution in [0.5, 0.6) is 11.5 Å². The van der Waals surface area contributed by atoms with Crippen LogP contribution in [0.15, 0.2) is 42.5 Å². The first-order valence-electron chi connectivity index (χ1n) is 7.29. The molecule has 0 spiro atoms. The number of ether oxygens (including phenoxy) is 2. The summed E-state index contributed by atoms with van der Waals surface area (Å²) in [6.45, 7) is 2.13. The Bertz CT molecular complexity index is 670. The summed E-state index contributed by atoms with van der Waals surface area (Å²) in [5, 5.41) is 0.650. The van der Waals surface area contributed by atoms with Gasteiger partial charge in [-0.2, -0.15) is 0 Å². The van der Waals surface area contributed by atoms with Gasteiger partial charge in [0, 0.05) is 24.2 Å². The highest BCUT2D eigenvalue weighted by Crippen LogP contribution is 2.28. The van der Waals surface area contributed by atoms with Gasteiger partial charge in [-0.05, 0) is 48.4 Å². The van der Waals surface area contributed by atoms with Crippen molar-refractivity contribution in [3.63, 3.8) is 0 Å². The topological polar surface area (TPSA) is 38.8 Å². The van der Waals surface area contributed by atoms with Gasteiger partial charge in [-0.15, -0.1) is 0 Å². The van der Waals surface area contributed by atoms with Crippen LogP contribution in [0.4, 0.5) is 5.69 Å². The number of carbonyl (C=O) groups excluding carboxylic acids is 1. The van der Waals surface area contributed by atoms with E-state index in [1.54, 1.807) is 38.2 Å². The van der Waals surface area contributed by atoms with Crippen LogP contribution in [-0.4, -0.2) is 26.7 Å². The van der Waals surface area contributed by atoms with Crippen molar-refractivity contribution in [1.82, 2.24) is 0 Å². The smallest absolute Gasteiger partial charge is 0.223 e. The highest BCUT2D eigenvalue weighted by molar-refractivity contribution is 6.30. The number of halogens is 1. The van der Waals surface area contributed by atoms with E-state index in [0.717, 1.165) is 11.3 Å². The molecule has 122 valence electrons. The first-order chi connectivity index (χ1) is 11.0. The summed E-state index contributed by atoms with van der Waals surface area (Å²) < 4.78 is 10.5. The summed E-state index contributed by atoms with van der Waals surface area (Å²) in [6, 6.07) is 13.0. The van der Waals surface area contributed by atoms with Crippen LogP contribution in [0.3, 0.4) is 0 Å². The van der Waals surface area contributed by atoms with E-state index in [9.17, 15) is 4.79 Å². The van der Waals surface area contributed by atoms with E-state index in [4.69, 9.17) is 21.1 Å². The second-order valence-corrected chi connectivity index (χ2v) is 5.52. The molecule has 2 aromatic carbocycles. The number of benzene rings is 2. The lowest BCUT2D eigenvalue weighted by Crippen LogP contribution is -2.30. The fourth-order valence-electron chi connectivity index (χ4n) is 2.37. The maximum atomic E-state index is 11.9. The van der Waals surface area contributed by atoms with E-state index in [1.165, 1.54) is 0 Å². The lowest BCUT2D eigenvalue weighted by atomic mass is 10.1. The lowest BCUT2D eigenvalue weighted by Gasteiger charge is -2.21. The maximum Gasteiger partial charge on any atom is 0.223 e. The number of amides is 1. The Morgan fingerprint density at radius 2 is 1.70 bits per heavy atom. The molecule has 23 heavy (non-hydrogen) atoms. The normalized spacial score (nSPS) is 10.3. The molecule has 2 rings (SSSR count). The van der Waals surface area contributed by atoms with Crippen LogP contribution in [0.25, 0.3) is 0 Å². The van der Waals surface area contributed by atoms with E-state index in [2.05, 4.69) is 0 Å². The van der Waals surface area contributed by atoms with Crippen molar-refractivity contribution >= 4 is 23.2 Å². The highest BCUT2D eigenvalue weighted by Gasteiger charge is 2.12. The van der Waals surface area contributed by atoms with Gasteiger partial charge in [0.25, 0.3) is 0 Å². The second kappa shape index (κ2) is 7.88. The minimum absolute atomic E-state index is 0.00667. The predicted octanol–water partition coefficient (Wildman–Crippen LogP) is 3.95. The molecular weight excluding hydrogens is 314 g/mol. The van der Waals surface area contributed by atoms with Gasteiger partial charge in [-0.25, -0.2) is 0 Å². The SMILES string of the molecule is COc1ccc(CCN(C(C)=O)c2ccc(Cl)cc2)cc1OC. The number of anilines is 1.